The van der Waals surface area contributed by atoms with Crippen molar-refractivity contribution in [3.05, 3.63) is 76.2 Å². The van der Waals surface area contributed by atoms with E-state index in [9.17, 15) is 9.59 Å². The monoisotopic (exact) mass is 409 g/mol. The zero-order chi connectivity index (χ0) is 20.4. The molecular weight excluding hydrogens is 394 g/mol. The largest absolute Gasteiger partial charge is 0.497 e. The fourth-order valence-corrected chi connectivity index (χ4v) is 2.92. The van der Waals surface area contributed by atoms with Gasteiger partial charge in [-0.3, -0.25) is 4.79 Å². The van der Waals surface area contributed by atoms with Crippen molar-refractivity contribution in [3.63, 3.8) is 0 Å². The number of halogens is 1. The van der Waals surface area contributed by atoms with E-state index in [4.69, 9.17) is 16.3 Å². The van der Waals surface area contributed by atoms with Crippen LogP contribution >= 0.6 is 11.6 Å². The summed E-state index contributed by atoms with van der Waals surface area (Å²) >= 11 is 5.91. The Morgan fingerprint density at radius 3 is 2.45 bits per heavy atom. The maximum Gasteiger partial charge on any atom is 0.367 e. The van der Waals surface area contributed by atoms with Gasteiger partial charge in [-0.15, -0.1) is 5.10 Å². The van der Waals surface area contributed by atoms with Crippen molar-refractivity contribution < 1.29 is 9.53 Å². The molecule has 4 rings (SSSR count). The van der Waals surface area contributed by atoms with Crippen molar-refractivity contribution in [2.45, 2.75) is 6.54 Å². The number of nitrogens with one attached hydrogen (secondary N) is 1. The average molecular weight is 410 g/mol. The van der Waals surface area contributed by atoms with Crippen LogP contribution in [0, 0.1) is 0 Å². The van der Waals surface area contributed by atoms with E-state index < -0.39 is 5.69 Å². The number of hydrogen-bond acceptors (Lipinski definition) is 5. The Balaban J connectivity index is 1.56. The first-order valence-electron chi connectivity index (χ1n) is 8.70. The molecule has 2 heterocycles. The molecule has 0 aliphatic rings. The molecular formula is C20H16ClN5O3. The summed E-state index contributed by atoms with van der Waals surface area (Å²) in [5.41, 5.74) is 1.85. The van der Waals surface area contributed by atoms with Crippen LogP contribution in [0.3, 0.4) is 0 Å². The first-order valence-corrected chi connectivity index (χ1v) is 9.08. The Bertz CT molecular complexity index is 1230. The lowest BCUT2D eigenvalue weighted by molar-refractivity contribution is -0.117. The maximum absolute atomic E-state index is 12.6. The van der Waals surface area contributed by atoms with E-state index in [1.54, 1.807) is 55.6 Å². The van der Waals surface area contributed by atoms with Crippen LogP contribution in [-0.4, -0.2) is 32.4 Å². The van der Waals surface area contributed by atoms with Gasteiger partial charge in [-0.2, -0.15) is 9.61 Å². The minimum absolute atomic E-state index is 0.232. The van der Waals surface area contributed by atoms with Gasteiger partial charge in [0.2, 0.25) is 5.91 Å². The normalized spacial score (nSPS) is 10.8. The second-order valence-electron chi connectivity index (χ2n) is 6.21. The SMILES string of the molecule is COc1ccc(NC(=O)Cn2nc3ccc(-c4ccc(Cl)cc4)nn3c2=O)cc1. The van der Waals surface area contributed by atoms with Crippen LogP contribution in [0.2, 0.25) is 5.02 Å². The van der Waals surface area contributed by atoms with Crippen molar-refractivity contribution in [1.82, 2.24) is 19.4 Å². The predicted octanol–water partition coefficient (Wildman–Crippen LogP) is 2.86. The first kappa shape index (κ1) is 18.7. The van der Waals surface area contributed by atoms with Crippen LogP contribution in [0.5, 0.6) is 5.75 Å². The van der Waals surface area contributed by atoms with Gasteiger partial charge in [0.25, 0.3) is 0 Å². The lowest BCUT2D eigenvalue weighted by Gasteiger charge is -2.05. The third kappa shape index (κ3) is 3.97. The van der Waals surface area contributed by atoms with Crippen molar-refractivity contribution in [2.75, 3.05) is 12.4 Å². The number of aromatic nitrogens is 4. The molecule has 0 saturated carbocycles. The third-order valence-corrected chi connectivity index (χ3v) is 4.50. The van der Waals surface area contributed by atoms with Gasteiger partial charge in [0.1, 0.15) is 12.3 Å². The van der Waals surface area contributed by atoms with Gasteiger partial charge in [0.05, 0.1) is 12.8 Å². The Labute approximate surface area is 170 Å². The van der Waals surface area contributed by atoms with Crippen molar-refractivity contribution in [2.24, 2.45) is 0 Å². The summed E-state index contributed by atoms with van der Waals surface area (Å²) in [6.07, 6.45) is 0. The molecule has 0 aliphatic heterocycles. The van der Waals surface area contributed by atoms with E-state index in [-0.39, 0.29) is 12.5 Å². The van der Waals surface area contributed by atoms with Gasteiger partial charge < -0.3 is 10.1 Å². The summed E-state index contributed by atoms with van der Waals surface area (Å²) in [5, 5.41) is 11.8. The number of carbonyl (C=O) groups is 1. The molecule has 0 atom stereocenters. The molecule has 29 heavy (non-hydrogen) atoms. The molecule has 0 unspecified atom stereocenters. The smallest absolute Gasteiger partial charge is 0.367 e. The summed E-state index contributed by atoms with van der Waals surface area (Å²) in [6.45, 7) is -0.232. The molecule has 0 saturated heterocycles. The molecule has 0 aliphatic carbocycles. The minimum atomic E-state index is -0.499. The molecule has 0 spiro atoms. The number of fused-ring (bicyclic) bond motifs is 1. The molecule has 9 heteroatoms. The lowest BCUT2D eigenvalue weighted by atomic mass is 10.1. The third-order valence-electron chi connectivity index (χ3n) is 4.25. The molecule has 146 valence electrons. The van der Waals surface area contributed by atoms with Crippen molar-refractivity contribution in [1.29, 1.82) is 0 Å². The van der Waals surface area contributed by atoms with E-state index in [1.165, 1.54) is 4.52 Å². The fourth-order valence-electron chi connectivity index (χ4n) is 2.80. The molecule has 8 nitrogen and oxygen atoms in total. The van der Waals surface area contributed by atoms with Gasteiger partial charge in [-0.05, 0) is 48.5 Å². The number of nitrogens with zero attached hydrogens (tertiary/aromatic N) is 4. The molecule has 0 radical (unpaired) electrons. The Morgan fingerprint density at radius 1 is 1.03 bits per heavy atom. The molecule has 4 aromatic rings. The summed E-state index contributed by atoms with van der Waals surface area (Å²) in [7, 11) is 1.57. The number of amides is 1. The van der Waals surface area contributed by atoms with E-state index in [0.717, 1.165) is 10.2 Å². The highest BCUT2D eigenvalue weighted by atomic mass is 35.5. The van der Waals surface area contributed by atoms with Crippen LogP contribution in [0.1, 0.15) is 0 Å². The lowest BCUT2D eigenvalue weighted by Crippen LogP contribution is -2.28. The maximum atomic E-state index is 12.6. The van der Waals surface area contributed by atoms with Crippen LogP contribution in [0.15, 0.2) is 65.5 Å². The quantitative estimate of drug-likeness (QED) is 0.547. The Hall–Kier alpha value is -3.65. The Morgan fingerprint density at radius 2 is 1.76 bits per heavy atom. The van der Waals surface area contributed by atoms with E-state index >= 15 is 0 Å². The number of benzene rings is 2. The van der Waals surface area contributed by atoms with Crippen LogP contribution < -0.4 is 15.7 Å². The molecule has 0 fully saturated rings. The van der Waals surface area contributed by atoms with Crippen LogP contribution in [0.25, 0.3) is 16.9 Å². The van der Waals surface area contributed by atoms with E-state index in [1.807, 2.05) is 12.1 Å². The first-order chi connectivity index (χ1) is 14.0. The molecule has 2 aromatic heterocycles. The van der Waals surface area contributed by atoms with Gasteiger partial charge in [0, 0.05) is 16.3 Å². The number of ether oxygens (including phenoxy) is 1. The fraction of sp³-hybridized carbons (Fsp3) is 0.100. The summed E-state index contributed by atoms with van der Waals surface area (Å²) < 4.78 is 7.33. The van der Waals surface area contributed by atoms with Crippen molar-refractivity contribution in [3.8, 4) is 17.0 Å². The van der Waals surface area contributed by atoms with Gasteiger partial charge >= 0.3 is 5.69 Å². The second-order valence-corrected chi connectivity index (χ2v) is 6.65. The van der Waals surface area contributed by atoms with Gasteiger partial charge in [0.15, 0.2) is 5.65 Å². The Kier molecular flexibility index (Phi) is 5.01. The second kappa shape index (κ2) is 7.76. The standard InChI is InChI=1S/C20H16ClN5O3/c1-29-16-8-6-15(7-9-16)22-19(27)12-25-20(28)26-18(24-25)11-10-17(23-26)13-2-4-14(21)5-3-13/h2-11H,12H2,1H3,(H,22,27). The molecule has 1 N–H and O–H groups in total. The predicted molar refractivity (Wildman–Crippen MR) is 109 cm³/mol. The zero-order valence-electron chi connectivity index (χ0n) is 15.4. The molecule has 2 aromatic carbocycles. The summed E-state index contributed by atoms with van der Waals surface area (Å²) in [4.78, 5) is 24.9. The number of carbonyl (C=O) groups excluding carboxylic acids is 1. The highest BCUT2D eigenvalue weighted by Gasteiger charge is 2.13. The highest BCUT2D eigenvalue weighted by Crippen LogP contribution is 2.19. The number of anilines is 1. The summed E-state index contributed by atoms with van der Waals surface area (Å²) in [6, 6.07) is 17.4. The van der Waals surface area contributed by atoms with Gasteiger partial charge in [-0.25, -0.2) is 9.48 Å². The van der Waals surface area contributed by atoms with E-state index in [2.05, 4.69) is 15.5 Å². The minimum Gasteiger partial charge on any atom is -0.497 e. The summed E-state index contributed by atoms with van der Waals surface area (Å²) in [5.74, 6) is 0.306. The number of hydrogen-bond donors (Lipinski definition) is 1. The number of rotatable bonds is 5. The van der Waals surface area contributed by atoms with Crippen LogP contribution in [0.4, 0.5) is 5.69 Å². The topological polar surface area (TPSA) is 90.5 Å². The van der Waals surface area contributed by atoms with Crippen molar-refractivity contribution >= 4 is 28.8 Å². The van der Waals surface area contributed by atoms with Crippen LogP contribution in [-0.2, 0) is 11.3 Å². The van der Waals surface area contributed by atoms with E-state index in [0.29, 0.717) is 27.8 Å². The molecule has 0 bridgehead atoms. The number of methoxy groups -OCH3 is 1. The zero-order valence-corrected chi connectivity index (χ0v) is 16.1. The highest BCUT2D eigenvalue weighted by molar-refractivity contribution is 6.30. The molecule has 1 amide bonds. The van der Waals surface area contributed by atoms with Gasteiger partial charge in [-0.1, -0.05) is 23.7 Å². The average Bonchev–Trinajstić information content (AvgIpc) is 3.04.